The second-order valence-corrected chi connectivity index (χ2v) is 3.45. The Morgan fingerprint density at radius 1 is 1.47 bits per heavy atom. The number of hydrogen-bond donors (Lipinski definition) is 3. The number of nitrogens with two attached hydrogens (primary N) is 2. The number of nitrogens with one attached hydrogen (secondary N) is 1. The van der Waals surface area contributed by atoms with E-state index in [9.17, 15) is 4.79 Å². The average Bonchev–Trinajstić information content (AvgIpc) is 2.28. The van der Waals surface area contributed by atoms with Crippen molar-refractivity contribution in [2.45, 2.75) is 6.42 Å². The lowest BCUT2D eigenvalue weighted by atomic mass is 10.4. The highest BCUT2D eigenvalue weighted by Gasteiger charge is 2.20. The van der Waals surface area contributed by atoms with Crippen LogP contribution >= 0.6 is 0 Å². The maximum absolute atomic E-state index is 11.5. The van der Waals surface area contributed by atoms with Crippen LogP contribution in [0, 0.1) is 5.41 Å². The molecule has 0 atom stereocenters. The highest BCUT2D eigenvalue weighted by Crippen LogP contribution is 2.03. The van der Waals surface area contributed by atoms with Crippen molar-refractivity contribution < 1.29 is 4.79 Å². The summed E-state index contributed by atoms with van der Waals surface area (Å²) in [5, 5.41) is 7.57. The molecule has 0 aromatic carbocycles. The smallest absolute Gasteiger partial charge is 0.241 e. The largest absolute Gasteiger partial charge is 0.370 e. The molecule has 1 rings (SSSR count). The van der Waals surface area contributed by atoms with E-state index >= 15 is 0 Å². The Morgan fingerprint density at radius 2 is 2.13 bits per heavy atom. The van der Waals surface area contributed by atoms with Crippen LogP contribution < -0.4 is 11.5 Å². The minimum atomic E-state index is -0.162. The third-order valence-electron chi connectivity index (χ3n) is 2.21. The highest BCUT2D eigenvalue weighted by molar-refractivity contribution is 5.93. The third kappa shape index (κ3) is 3.12. The lowest BCUT2D eigenvalue weighted by Crippen LogP contribution is -2.38. The summed E-state index contributed by atoms with van der Waals surface area (Å²) in [5.41, 5.74) is 10.3. The van der Waals surface area contributed by atoms with Crippen LogP contribution in [0.3, 0.4) is 0 Å². The van der Waals surface area contributed by atoms with Crippen molar-refractivity contribution in [1.82, 2.24) is 9.80 Å². The Hall–Kier alpha value is -1.79. The summed E-state index contributed by atoms with van der Waals surface area (Å²) in [6, 6.07) is 0. The van der Waals surface area contributed by atoms with Crippen molar-refractivity contribution in [2.75, 3.05) is 26.7 Å². The molecule has 84 valence electrons. The maximum atomic E-state index is 11.5. The molecule has 1 aliphatic heterocycles. The minimum absolute atomic E-state index is 0.0250. The summed E-state index contributed by atoms with van der Waals surface area (Å²) in [7, 11) is 1.75. The van der Waals surface area contributed by atoms with Gasteiger partial charge in [0.2, 0.25) is 11.9 Å². The molecule has 0 radical (unpaired) electrons. The molecule has 1 fully saturated rings. The van der Waals surface area contributed by atoms with Crippen LogP contribution in [0.4, 0.5) is 0 Å². The molecule has 7 nitrogen and oxygen atoms in total. The Morgan fingerprint density at radius 3 is 2.73 bits per heavy atom. The second kappa shape index (κ2) is 4.63. The van der Waals surface area contributed by atoms with Crippen LogP contribution in [0.5, 0.6) is 0 Å². The van der Waals surface area contributed by atoms with Gasteiger partial charge in [0.15, 0.2) is 5.96 Å². The average molecular weight is 212 g/mol. The molecular formula is C8H16N6O. The molecule has 1 saturated heterocycles. The van der Waals surface area contributed by atoms with Crippen LogP contribution in [0.15, 0.2) is 4.99 Å². The number of nitrogens with zero attached hydrogens (tertiary/aromatic N) is 3. The Kier molecular flexibility index (Phi) is 3.48. The number of aliphatic imine (C=N–C) groups is 1. The fraction of sp³-hybridized carbons (Fsp3) is 0.625. The fourth-order valence-electron chi connectivity index (χ4n) is 1.36. The number of likely N-dealkylation sites (N-methyl/N-ethyl adjacent to an activating group) is 1. The monoisotopic (exact) mass is 212 g/mol. The molecule has 1 amide bonds. The zero-order valence-corrected chi connectivity index (χ0v) is 8.73. The summed E-state index contributed by atoms with van der Waals surface area (Å²) in [6.45, 7) is 1.47. The second-order valence-electron chi connectivity index (χ2n) is 3.45. The van der Waals surface area contributed by atoms with E-state index in [1.54, 1.807) is 16.8 Å². The van der Waals surface area contributed by atoms with Crippen molar-refractivity contribution >= 4 is 17.8 Å². The number of guanidine groups is 2. The molecule has 0 unspecified atom stereocenters. The van der Waals surface area contributed by atoms with Gasteiger partial charge in [0.25, 0.3) is 0 Å². The van der Waals surface area contributed by atoms with Gasteiger partial charge < -0.3 is 21.3 Å². The number of hydrogen-bond acceptors (Lipinski definition) is 2. The SMILES string of the molecule is CN1CCCN(C(=N)N=C(N)N)CC1=O. The predicted octanol–water partition coefficient (Wildman–Crippen LogP) is -1.64. The van der Waals surface area contributed by atoms with E-state index in [2.05, 4.69) is 4.99 Å². The molecule has 0 bridgehead atoms. The first-order chi connectivity index (χ1) is 7.00. The van der Waals surface area contributed by atoms with Gasteiger partial charge in [-0.05, 0) is 6.42 Å². The summed E-state index contributed by atoms with van der Waals surface area (Å²) >= 11 is 0. The Labute approximate surface area is 88.2 Å². The number of rotatable bonds is 0. The van der Waals surface area contributed by atoms with Crippen molar-refractivity contribution in [3.05, 3.63) is 0 Å². The molecule has 7 heteroatoms. The Balaban J connectivity index is 2.67. The summed E-state index contributed by atoms with van der Waals surface area (Å²) in [4.78, 5) is 18.3. The zero-order chi connectivity index (χ0) is 11.4. The maximum Gasteiger partial charge on any atom is 0.241 e. The van der Waals surface area contributed by atoms with Gasteiger partial charge in [-0.25, -0.2) is 0 Å². The van der Waals surface area contributed by atoms with Crippen LogP contribution in [-0.2, 0) is 4.79 Å². The number of amides is 1. The van der Waals surface area contributed by atoms with E-state index < -0.39 is 0 Å². The standard InChI is InChI=1S/C8H16N6O/c1-13-3-2-4-14(5-6(13)15)8(11)12-7(9)10/h2-5H2,1H3,(H5,9,10,11,12). The van der Waals surface area contributed by atoms with E-state index in [1.165, 1.54) is 0 Å². The quantitative estimate of drug-likeness (QED) is 0.330. The molecular weight excluding hydrogens is 196 g/mol. The molecule has 0 spiro atoms. The van der Waals surface area contributed by atoms with Crippen LogP contribution in [0.25, 0.3) is 0 Å². The normalized spacial score (nSPS) is 17.3. The Bertz CT molecular complexity index is 296. The molecule has 0 saturated carbocycles. The topological polar surface area (TPSA) is 112 Å². The molecule has 0 aliphatic carbocycles. The molecule has 15 heavy (non-hydrogen) atoms. The molecule has 0 aromatic rings. The highest BCUT2D eigenvalue weighted by atomic mass is 16.2. The summed E-state index contributed by atoms with van der Waals surface area (Å²) < 4.78 is 0. The van der Waals surface area contributed by atoms with Gasteiger partial charge in [0.05, 0.1) is 6.54 Å². The minimum Gasteiger partial charge on any atom is -0.370 e. The first-order valence-corrected chi connectivity index (χ1v) is 4.68. The number of carbonyl (C=O) groups is 1. The summed E-state index contributed by atoms with van der Waals surface area (Å²) in [6.07, 6.45) is 0.810. The van der Waals surface area contributed by atoms with Crippen LogP contribution in [-0.4, -0.2) is 54.3 Å². The van der Waals surface area contributed by atoms with Gasteiger partial charge in [0, 0.05) is 20.1 Å². The zero-order valence-electron chi connectivity index (χ0n) is 8.73. The van der Waals surface area contributed by atoms with Crippen LogP contribution in [0.1, 0.15) is 6.42 Å². The lowest BCUT2D eigenvalue weighted by molar-refractivity contribution is -0.129. The molecule has 1 aliphatic rings. The molecule has 1 heterocycles. The van der Waals surface area contributed by atoms with Gasteiger partial charge in [-0.1, -0.05) is 0 Å². The first-order valence-electron chi connectivity index (χ1n) is 4.68. The van der Waals surface area contributed by atoms with Crippen molar-refractivity contribution in [3.63, 3.8) is 0 Å². The van der Waals surface area contributed by atoms with Gasteiger partial charge >= 0.3 is 0 Å². The van der Waals surface area contributed by atoms with Crippen molar-refractivity contribution in [3.8, 4) is 0 Å². The van der Waals surface area contributed by atoms with Crippen molar-refractivity contribution in [1.29, 1.82) is 5.41 Å². The van der Waals surface area contributed by atoms with E-state index in [0.29, 0.717) is 13.1 Å². The number of carbonyl (C=O) groups excluding carboxylic acids is 1. The van der Waals surface area contributed by atoms with E-state index in [1.807, 2.05) is 0 Å². The summed E-state index contributed by atoms with van der Waals surface area (Å²) in [5.74, 6) is -0.244. The van der Waals surface area contributed by atoms with Crippen molar-refractivity contribution in [2.24, 2.45) is 16.5 Å². The molecule has 5 N–H and O–H groups in total. The van der Waals surface area contributed by atoms with Gasteiger partial charge in [-0.15, -0.1) is 0 Å². The van der Waals surface area contributed by atoms with E-state index in [0.717, 1.165) is 6.42 Å². The lowest BCUT2D eigenvalue weighted by Gasteiger charge is -2.19. The predicted molar refractivity (Wildman–Crippen MR) is 57.4 cm³/mol. The van der Waals surface area contributed by atoms with E-state index in [4.69, 9.17) is 16.9 Å². The van der Waals surface area contributed by atoms with E-state index in [-0.39, 0.29) is 24.4 Å². The fourth-order valence-corrected chi connectivity index (χ4v) is 1.36. The van der Waals surface area contributed by atoms with Gasteiger partial charge in [-0.3, -0.25) is 10.2 Å². The van der Waals surface area contributed by atoms with Gasteiger partial charge in [0.1, 0.15) is 0 Å². The van der Waals surface area contributed by atoms with Gasteiger partial charge in [-0.2, -0.15) is 4.99 Å². The first kappa shape index (κ1) is 11.3. The molecule has 0 aromatic heterocycles. The van der Waals surface area contributed by atoms with Crippen LogP contribution in [0.2, 0.25) is 0 Å². The third-order valence-corrected chi connectivity index (χ3v) is 2.21.